The van der Waals surface area contributed by atoms with E-state index in [4.69, 9.17) is 0 Å². The van der Waals surface area contributed by atoms with Gasteiger partial charge in [0.2, 0.25) is 5.91 Å². The molecule has 7 heteroatoms. The van der Waals surface area contributed by atoms with Crippen molar-refractivity contribution in [1.82, 2.24) is 10.3 Å². The third-order valence-corrected chi connectivity index (χ3v) is 3.08. The van der Waals surface area contributed by atoms with E-state index in [1.54, 1.807) is 12.4 Å². The van der Waals surface area contributed by atoms with E-state index in [1.807, 2.05) is 12.1 Å². The van der Waals surface area contributed by atoms with Crippen LogP contribution in [0.2, 0.25) is 0 Å². The number of carbonyl (C=O) groups is 1. The van der Waals surface area contributed by atoms with Crippen molar-refractivity contribution in [3.05, 3.63) is 59.9 Å². The number of alkyl halides is 3. The number of halogens is 3. The van der Waals surface area contributed by atoms with E-state index < -0.39 is 11.7 Å². The molecule has 0 fully saturated rings. The fourth-order valence-electron chi connectivity index (χ4n) is 1.93. The van der Waals surface area contributed by atoms with E-state index in [1.165, 1.54) is 12.1 Å². The molecule has 1 amide bonds. The van der Waals surface area contributed by atoms with Crippen LogP contribution < -0.4 is 10.6 Å². The lowest BCUT2D eigenvalue weighted by atomic mass is 10.2. The Balaban J connectivity index is 1.77. The molecule has 23 heavy (non-hydrogen) atoms. The van der Waals surface area contributed by atoms with E-state index in [0.717, 1.165) is 17.7 Å². The Hall–Kier alpha value is -2.41. The van der Waals surface area contributed by atoms with Gasteiger partial charge in [0.25, 0.3) is 0 Å². The molecule has 0 aliphatic rings. The van der Waals surface area contributed by atoms with Gasteiger partial charge in [0.05, 0.1) is 5.56 Å². The van der Waals surface area contributed by atoms with Crippen LogP contribution in [0.25, 0.3) is 0 Å². The van der Waals surface area contributed by atoms with Gasteiger partial charge in [-0.1, -0.05) is 6.07 Å². The molecule has 0 atom stereocenters. The summed E-state index contributed by atoms with van der Waals surface area (Å²) in [6, 6.07) is 8.29. The molecule has 2 rings (SSSR count). The predicted molar refractivity (Wildman–Crippen MR) is 80.6 cm³/mol. The first-order chi connectivity index (χ1) is 10.9. The second-order valence-electron chi connectivity index (χ2n) is 4.91. The second-order valence-corrected chi connectivity index (χ2v) is 4.91. The molecule has 0 saturated carbocycles. The Morgan fingerprint density at radius 3 is 2.57 bits per heavy atom. The molecule has 0 saturated heterocycles. The molecule has 4 nitrogen and oxygen atoms in total. The summed E-state index contributed by atoms with van der Waals surface area (Å²) >= 11 is 0. The fourth-order valence-corrected chi connectivity index (χ4v) is 1.93. The highest BCUT2D eigenvalue weighted by molar-refractivity contribution is 5.90. The minimum atomic E-state index is -4.42. The third-order valence-electron chi connectivity index (χ3n) is 3.08. The summed E-state index contributed by atoms with van der Waals surface area (Å²) in [5.41, 5.74) is 0.392. The Morgan fingerprint density at radius 2 is 1.87 bits per heavy atom. The SMILES string of the molecule is O=C(CCNCc1ccncc1)Nc1cccc(C(F)(F)F)c1. The molecule has 1 aromatic carbocycles. The average molecular weight is 323 g/mol. The molecule has 1 aromatic heterocycles. The first-order valence-corrected chi connectivity index (χ1v) is 7.02. The minimum absolute atomic E-state index is 0.138. The number of rotatable bonds is 6. The first kappa shape index (κ1) is 17.0. The minimum Gasteiger partial charge on any atom is -0.326 e. The van der Waals surface area contributed by atoms with Crippen LogP contribution in [0.15, 0.2) is 48.8 Å². The number of carbonyl (C=O) groups excluding carboxylic acids is 1. The Bertz CT molecular complexity index is 645. The predicted octanol–water partition coefficient (Wildman–Crippen LogP) is 3.22. The van der Waals surface area contributed by atoms with Crippen molar-refractivity contribution in [2.24, 2.45) is 0 Å². The third kappa shape index (κ3) is 5.71. The first-order valence-electron chi connectivity index (χ1n) is 7.02. The van der Waals surface area contributed by atoms with E-state index >= 15 is 0 Å². The highest BCUT2D eigenvalue weighted by atomic mass is 19.4. The zero-order chi connectivity index (χ0) is 16.7. The second kappa shape index (κ2) is 7.73. The molecular weight excluding hydrogens is 307 g/mol. The molecule has 0 radical (unpaired) electrons. The molecule has 122 valence electrons. The molecule has 0 aliphatic heterocycles. The van der Waals surface area contributed by atoms with Gasteiger partial charge < -0.3 is 10.6 Å². The molecular formula is C16H16F3N3O. The van der Waals surface area contributed by atoms with Crippen LogP contribution in [-0.2, 0) is 17.5 Å². The van der Waals surface area contributed by atoms with Crippen molar-refractivity contribution < 1.29 is 18.0 Å². The molecule has 2 aromatic rings. The maximum absolute atomic E-state index is 12.6. The molecule has 0 aliphatic carbocycles. The van der Waals surface area contributed by atoms with Crippen LogP contribution in [0, 0.1) is 0 Å². The number of benzene rings is 1. The van der Waals surface area contributed by atoms with Crippen LogP contribution in [0.4, 0.5) is 18.9 Å². The largest absolute Gasteiger partial charge is 0.416 e. The summed E-state index contributed by atoms with van der Waals surface area (Å²) in [4.78, 5) is 15.6. The molecule has 2 N–H and O–H groups in total. The summed E-state index contributed by atoms with van der Waals surface area (Å²) in [5, 5.41) is 5.55. The molecule has 0 bridgehead atoms. The van der Waals surface area contributed by atoms with Crippen molar-refractivity contribution in [2.75, 3.05) is 11.9 Å². The van der Waals surface area contributed by atoms with E-state index in [2.05, 4.69) is 15.6 Å². The Kier molecular flexibility index (Phi) is 5.70. The van der Waals surface area contributed by atoms with Gasteiger partial charge in [0, 0.05) is 37.6 Å². The zero-order valence-corrected chi connectivity index (χ0v) is 12.2. The van der Waals surface area contributed by atoms with Gasteiger partial charge in [-0.2, -0.15) is 13.2 Å². The number of nitrogens with zero attached hydrogens (tertiary/aromatic N) is 1. The highest BCUT2D eigenvalue weighted by Gasteiger charge is 2.30. The molecule has 0 spiro atoms. The average Bonchev–Trinajstić information content (AvgIpc) is 2.52. The lowest BCUT2D eigenvalue weighted by Crippen LogP contribution is -2.21. The smallest absolute Gasteiger partial charge is 0.326 e. The lowest BCUT2D eigenvalue weighted by Gasteiger charge is -2.10. The van der Waals surface area contributed by atoms with E-state index in [9.17, 15) is 18.0 Å². The lowest BCUT2D eigenvalue weighted by molar-refractivity contribution is -0.137. The monoisotopic (exact) mass is 323 g/mol. The van der Waals surface area contributed by atoms with Crippen molar-refractivity contribution in [2.45, 2.75) is 19.1 Å². The van der Waals surface area contributed by atoms with Crippen LogP contribution >= 0.6 is 0 Å². The van der Waals surface area contributed by atoms with Gasteiger partial charge in [-0.25, -0.2) is 0 Å². The van der Waals surface area contributed by atoms with Crippen LogP contribution in [-0.4, -0.2) is 17.4 Å². The number of amides is 1. The number of pyridine rings is 1. The maximum Gasteiger partial charge on any atom is 0.416 e. The van der Waals surface area contributed by atoms with Gasteiger partial charge in [-0.15, -0.1) is 0 Å². The van der Waals surface area contributed by atoms with E-state index in [0.29, 0.717) is 13.1 Å². The topological polar surface area (TPSA) is 54.0 Å². The molecule has 0 unspecified atom stereocenters. The van der Waals surface area contributed by atoms with Crippen molar-refractivity contribution >= 4 is 11.6 Å². The number of hydrogen-bond acceptors (Lipinski definition) is 3. The summed E-state index contributed by atoms with van der Waals surface area (Å²) in [6.07, 6.45) is -0.900. The van der Waals surface area contributed by atoms with Crippen LogP contribution in [0.1, 0.15) is 17.5 Å². The summed E-state index contributed by atoms with van der Waals surface area (Å²) in [7, 11) is 0. The van der Waals surface area contributed by atoms with Gasteiger partial charge in [-0.05, 0) is 35.9 Å². The quantitative estimate of drug-likeness (QED) is 0.803. The van der Waals surface area contributed by atoms with E-state index in [-0.39, 0.29) is 18.0 Å². The zero-order valence-electron chi connectivity index (χ0n) is 12.2. The van der Waals surface area contributed by atoms with Crippen molar-refractivity contribution in [3.8, 4) is 0 Å². The maximum atomic E-state index is 12.6. The van der Waals surface area contributed by atoms with Gasteiger partial charge >= 0.3 is 6.18 Å². The number of nitrogens with one attached hydrogen (secondary N) is 2. The Labute approximate surface area is 131 Å². The normalized spacial score (nSPS) is 11.3. The van der Waals surface area contributed by atoms with Crippen LogP contribution in [0.3, 0.4) is 0 Å². The van der Waals surface area contributed by atoms with Crippen molar-refractivity contribution in [1.29, 1.82) is 0 Å². The fraction of sp³-hybridized carbons (Fsp3) is 0.250. The highest BCUT2D eigenvalue weighted by Crippen LogP contribution is 2.30. The van der Waals surface area contributed by atoms with Gasteiger partial charge in [-0.3, -0.25) is 9.78 Å². The summed E-state index contributed by atoms with van der Waals surface area (Å²) in [5.74, 6) is -0.341. The molecule has 1 heterocycles. The Morgan fingerprint density at radius 1 is 1.13 bits per heavy atom. The van der Waals surface area contributed by atoms with Crippen molar-refractivity contribution in [3.63, 3.8) is 0 Å². The van der Waals surface area contributed by atoms with Gasteiger partial charge in [0.1, 0.15) is 0 Å². The number of hydrogen-bond donors (Lipinski definition) is 2. The summed E-state index contributed by atoms with van der Waals surface area (Å²) in [6.45, 7) is 1.02. The number of anilines is 1. The van der Waals surface area contributed by atoms with Gasteiger partial charge in [0.15, 0.2) is 0 Å². The summed E-state index contributed by atoms with van der Waals surface area (Å²) < 4.78 is 37.8. The van der Waals surface area contributed by atoms with Crippen LogP contribution in [0.5, 0.6) is 0 Å². The standard InChI is InChI=1S/C16H16F3N3O/c17-16(18,19)13-2-1-3-14(10-13)22-15(23)6-9-21-11-12-4-7-20-8-5-12/h1-5,7-8,10,21H,6,9,11H2,(H,22,23). The number of aromatic nitrogens is 1.